The van der Waals surface area contributed by atoms with Crippen molar-refractivity contribution < 1.29 is 13.2 Å². The van der Waals surface area contributed by atoms with Gasteiger partial charge in [0.15, 0.2) is 5.69 Å². The van der Waals surface area contributed by atoms with Gasteiger partial charge in [-0.15, -0.1) is 0 Å². The number of rotatable bonds is 5. The molecule has 140 valence electrons. The van der Waals surface area contributed by atoms with Crippen LogP contribution >= 0.6 is 11.6 Å². The fourth-order valence-electron chi connectivity index (χ4n) is 2.71. The van der Waals surface area contributed by atoms with E-state index in [1.54, 1.807) is 49.4 Å². The molecular weight excluding hydrogens is 386 g/mol. The highest BCUT2D eigenvalue weighted by atomic mass is 35.5. The monoisotopic (exact) mass is 403 g/mol. The maximum Gasteiger partial charge on any atom is 0.285 e. The molecule has 2 aromatic carbocycles. The van der Waals surface area contributed by atoms with Crippen LogP contribution in [0.1, 0.15) is 28.7 Å². The van der Waals surface area contributed by atoms with Gasteiger partial charge in [-0.2, -0.15) is 0 Å². The third kappa shape index (κ3) is 4.04. The molecule has 1 heterocycles. The number of imidazole rings is 1. The number of hydrogen-bond acceptors (Lipinski definition) is 4. The minimum Gasteiger partial charge on any atom is -0.341 e. The van der Waals surface area contributed by atoms with Crippen molar-refractivity contribution in [1.82, 2.24) is 14.7 Å². The largest absolute Gasteiger partial charge is 0.341 e. The van der Waals surface area contributed by atoms with Gasteiger partial charge in [0.2, 0.25) is 0 Å². The van der Waals surface area contributed by atoms with Crippen molar-refractivity contribution in [1.29, 1.82) is 0 Å². The number of sulfonamides is 1. The SMILES string of the molecule is CCc1[nH]c(-c2cccc(Cl)c2)nc1C(=O)NS(=O)(=O)c1ccccc1C. The number of aryl methyl sites for hydroxylation is 2. The smallest absolute Gasteiger partial charge is 0.285 e. The van der Waals surface area contributed by atoms with Gasteiger partial charge in [-0.3, -0.25) is 4.79 Å². The van der Waals surface area contributed by atoms with Crippen molar-refractivity contribution in [3.8, 4) is 11.4 Å². The fraction of sp³-hybridized carbons (Fsp3) is 0.158. The second-order valence-electron chi connectivity index (χ2n) is 5.98. The third-order valence-corrected chi connectivity index (χ3v) is 5.78. The molecule has 0 aliphatic carbocycles. The molecule has 0 atom stereocenters. The summed E-state index contributed by atoms with van der Waals surface area (Å²) in [7, 11) is -4.00. The number of halogens is 1. The van der Waals surface area contributed by atoms with Crippen LogP contribution in [0.4, 0.5) is 0 Å². The number of hydrogen-bond donors (Lipinski definition) is 2. The molecule has 8 heteroatoms. The molecule has 0 saturated carbocycles. The first-order valence-electron chi connectivity index (χ1n) is 8.29. The van der Waals surface area contributed by atoms with Gasteiger partial charge in [0.1, 0.15) is 5.82 Å². The van der Waals surface area contributed by atoms with Crippen LogP contribution in [0.5, 0.6) is 0 Å². The number of nitrogens with zero attached hydrogens (tertiary/aromatic N) is 1. The van der Waals surface area contributed by atoms with E-state index >= 15 is 0 Å². The summed E-state index contributed by atoms with van der Waals surface area (Å²) >= 11 is 6.01. The van der Waals surface area contributed by atoms with E-state index in [2.05, 4.69) is 14.7 Å². The highest BCUT2D eigenvalue weighted by Gasteiger charge is 2.24. The molecule has 1 amide bonds. The molecule has 1 aromatic heterocycles. The molecule has 3 aromatic rings. The van der Waals surface area contributed by atoms with E-state index < -0.39 is 15.9 Å². The van der Waals surface area contributed by atoms with Crippen molar-refractivity contribution >= 4 is 27.5 Å². The first-order chi connectivity index (χ1) is 12.8. The lowest BCUT2D eigenvalue weighted by Crippen LogP contribution is -2.32. The van der Waals surface area contributed by atoms with Crippen LogP contribution in [-0.2, 0) is 16.4 Å². The fourth-order valence-corrected chi connectivity index (χ4v) is 4.10. The van der Waals surface area contributed by atoms with E-state index in [1.165, 1.54) is 6.07 Å². The Bertz CT molecular complexity index is 1110. The van der Waals surface area contributed by atoms with Crippen molar-refractivity contribution in [3.05, 3.63) is 70.5 Å². The van der Waals surface area contributed by atoms with Gasteiger partial charge in [0.25, 0.3) is 15.9 Å². The Kier molecular flexibility index (Phi) is 5.34. The summed E-state index contributed by atoms with van der Waals surface area (Å²) in [6, 6.07) is 13.5. The molecule has 3 rings (SSSR count). The zero-order chi connectivity index (χ0) is 19.6. The van der Waals surface area contributed by atoms with E-state index in [0.717, 1.165) is 0 Å². The van der Waals surface area contributed by atoms with Gasteiger partial charge < -0.3 is 4.98 Å². The molecule has 0 unspecified atom stereocenters. The predicted octanol–water partition coefficient (Wildman–Crippen LogP) is 3.72. The number of aromatic amines is 1. The third-order valence-electron chi connectivity index (χ3n) is 4.06. The molecule has 2 N–H and O–H groups in total. The Morgan fingerprint density at radius 2 is 1.93 bits per heavy atom. The van der Waals surface area contributed by atoms with Gasteiger partial charge in [-0.1, -0.05) is 48.9 Å². The van der Waals surface area contributed by atoms with Gasteiger partial charge in [-0.25, -0.2) is 18.1 Å². The first-order valence-corrected chi connectivity index (χ1v) is 10.2. The quantitative estimate of drug-likeness (QED) is 0.679. The van der Waals surface area contributed by atoms with Crippen LogP contribution in [0.15, 0.2) is 53.4 Å². The molecule has 0 bridgehead atoms. The van der Waals surface area contributed by atoms with E-state index in [4.69, 9.17) is 11.6 Å². The Balaban J connectivity index is 1.94. The summed E-state index contributed by atoms with van der Waals surface area (Å²) in [5, 5.41) is 0.537. The molecule has 0 radical (unpaired) electrons. The molecule has 0 aliphatic heterocycles. The summed E-state index contributed by atoms with van der Waals surface area (Å²) in [6.07, 6.45) is 0.487. The Morgan fingerprint density at radius 3 is 2.59 bits per heavy atom. The van der Waals surface area contributed by atoms with E-state index in [-0.39, 0.29) is 10.6 Å². The second-order valence-corrected chi connectivity index (χ2v) is 8.06. The Morgan fingerprint density at radius 1 is 1.19 bits per heavy atom. The lowest BCUT2D eigenvalue weighted by molar-refractivity contribution is 0.0976. The first kappa shape index (κ1) is 19.1. The summed E-state index contributed by atoms with van der Waals surface area (Å²) in [6.45, 7) is 3.52. The maximum absolute atomic E-state index is 12.6. The van der Waals surface area contributed by atoms with Crippen LogP contribution < -0.4 is 4.72 Å². The standard InChI is InChI=1S/C19H18ClN3O3S/c1-3-15-17(22-18(21-15)13-8-6-9-14(20)11-13)19(24)23-27(25,26)16-10-5-4-7-12(16)2/h4-11H,3H2,1-2H3,(H,21,22)(H,23,24). The molecule has 0 saturated heterocycles. The van der Waals surface area contributed by atoms with Gasteiger partial charge in [0.05, 0.1) is 4.90 Å². The Hall–Kier alpha value is -2.64. The number of aromatic nitrogens is 2. The van der Waals surface area contributed by atoms with Crippen molar-refractivity contribution in [2.45, 2.75) is 25.2 Å². The summed E-state index contributed by atoms with van der Waals surface area (Å²) < 4.78 is 27.2. The average Bonchev–Trinajstić information content (AvgIpc) is 3.06. The lowest BCUT2D eigenvalue weighted by atomic mass is 10.2. The second kappa shape index (κ2) is 7.54. The van der Waals surface area contributed by atoms with E-state index in [1.807, 2.05) is 6.92 Å². The van der Waals surface area contributed by atoms with Crippen LogP contribution in [0, 0.1) is 6.92 Å². The summed E-state index contributed by atoms with van der Waals surface area (Å²) in [4.78, 5) is 20.1. The molecule has 0 fully saturated rings. The zero-order valence-electron chi connectivity index (χ0n) is 14.8. The van der Waals surface area contributed by atoms with Gasteiger partial charge >= 0.3 is 0 Å². The number of benzene rings is 2. The number of H-pyrrole nitrogens is 1. The van der Waals surface area contributed by atoms with Crippen molar-refractivity contribution in [2.75, 3.05) is 0 Å². The normalized spacial score (nSPS) is 11.4. The lowest BCUT2D eigenvalue weighted by Gasteiger charge is -2.08. The van der Waals surface area contributed by atoms with Crippen LogP contribution in [0.2, 0.25) is 5.02 Å². The molecular formula is C19H18ClN3O3S. The number of carbonyl (C=O) groups excluding carboxylic acids is 1. The zero-order valence-corrected chi connectivity index (χ0v) is 16.4. The van der Waals surface area contributed by atoms with Crippen LogP contribution in [0.25, 0.3) is 11.4 Å². The molecule has 0 spiro atoms. The Labute approximate surface area is 162 Å². The average molecular weight is 404 g/mol. The summed E-state index contributed by atoms with van der Waals surface area (Å²) in [5.41, 5.74) is 1.85. The van der Waals surface area contributed by atoms with E-state index in [0.29, 0.717) is 34.1 Å². The number of amides is 1. The van der Waals surface area contributed by atoms with Gasteiger partial charge in [-0.05, 0) is 37.1 Å². The van der Waals surface area contributed by atoms with Crippen molar-refractivity contribution in [2.24, 2.45) is 0 Å². The van der Waals surface area contributed by atoms with Crippen LogP contribution in [-0.4, -0.2) is 24.3 Å². The van der Waals surface area contributed by atoms with Crippen LogP contribution in [0.3, 0.4) is 0 Å². The van der Waals surface area contributed by atoms with Crippen molar-refractivity contribution in [3.63, 3.8) is 0 Å². The predicted molar refractivity (Wildman–Crippen MR) is 104 cm³/mol. The topological polar surface area (TPSA) is 91.9 Å². The molecule has 6 nitrogen and oxygen atoms in total. The summed E-state index contributed by atoms with van der Waals surface area (Å²) in [5.74, 6) is -0.326. The highest BCUT2D eigenvalue weighted by Crippen LogP contribution is 2.22. The van der Waals surface area contributed by atoms with E-state index in [9.17, 15) is 13.2 Å². The maximum atomic E-state index is 12.6. The van der Waals surface area contributed by atoms with Gasteiger partial charge in [0, 0.05) is 16.3 Å². The molecule has 0 aliphatic rings. The minimum atomic E-state index is -4.00. The minimum absolute atomic E-state index is 0.0460. The number of nitrogens with one attached hydrogen (secondary N) is 2. The molecule has 27 heavy (non-hydrogen) atoms. The highest BCUT2D eigenvalue weighted by molar-refractivity contribution is 7.90. The number of carbonyl (C=O) groups is 1.